The standard InChI is InChI=1S/C17H15N9O/c18-16-21-15(22-17(23-16)20-12-5-2-1-3-6-12)10-27-14-8-4-7-13(9-14)26-11-19-24-25-26/h1-9,11H,10H2,(H3,18,20,21,22,23). The third-order valence-electron chi connectivity index (χ3n) is 3.53. The van der Waals surface area contributed by atoms with Crippen LogP contribution in [0.5, 0.6) is 5.75 Å². The highest BCUT2D eigenvalue weighted by Gasteiger charge is 2.07. The molecule has 0 aliphatic heterocycles. The maximum Gasteiger partial charge on any atom is 0.232 e. The van der Waals surface area contributed by atoms with Crippen molar-refractivity contribution in [2.45, 2.75) is 6.61 Å². The van der Waals surface area contributed by atoms with Gasteiger partial charge in [0, 0.05) is 11.8 Å². The van der Waals surface area contributed by atoms with Crippen LogP contribution in [0.3, 0.4) is 0 Å². The van der Waals surface area contributed by atoms with Crippen LogP contribution in [-0.2, 0) is 6.61 Å². The molecular formula is C17H15N9O. The molecule has 0 radical (unpaired) electrons. The fraction of sp³-hybridized carbons (Fsp3) is 0.0588. The summed E-state index contributed by atoms with van der Waals surface area (Å²) >= 11 is 0. The number of nitrogens with zero attached hydrogens (tertiary/aromatic N) is 7. The fourth-order valence-corrected chi connectivity index (χ4v) is 2.35. The van der Waals surface area contributed by atoms with Crippen LogP contribution in [0.1, 0.15) is 5.82 Å². The summed E-state index contributed by atoms with van der Waals surface area (Å²) in [5.74, 6) is 1.51. The molecule has 0 atom stereocenters. The lowest BCUT2D eigenvalue weighted by Gasteiger charge is -2.09. The summed E-state index contributed by atoms with van der Waals surface area (Å²) in [7, 11) is 0. The first kappa shape index (κ1) is 16.4. The number of hydrogen-bond acceptors (Lipinski definition) is 9. The van der Waals surface area contributed by atoms with Crippen molar-refractivity contribution in [1.82, 2.24) is 35.2 Å². The Morgan fingerprint density at radius 1 is 1.00 bits per heavy atom. The van der Waals surface area contributed by atoms with Crippen molar-refractivity contribution in [3.63, 3.8) is 0 Å². The van der Waals surface area contributed by atoms with E-state index in [1.54, 1.807) is 0 Å². The van der Waals surface area contributed by atoms with E-state index in [1.807, 2.05) is 54.6 Å². The highest BCUT2D eigenvalue weighted by Crippen LogP contribution is 2.17. The lowest BCUT2D eigenvalue weighted by molar-refractivity contribution is 0.295. The number of rotatable bonds is 6. The maximum absolute atomic E-state index is 5.79. The van der Waals surface area contributed by atoms with E-state index in [0.717, 1.165) is 11.4 Å². The number of nitrogens with two attached hydrogens (primary N) is 1. The number of ether oxygens (including phenoxy) is 1. The number of para-hydroxylation sites is 1. The molecule has 10 heteroatoms. The van der Waals surface area contributed by atoms with Gasteiger partial charge in [-0.25, -0.2) is 4.68 Å². The molecule has 134 valence electrons. The van der Waals surface area contributed by atoms with Gasteiger partial charge in [0.2, 0.25) is 11.9 Å². The zero-order chi connectivity index (χ0) is 18.5. The molecule has 0 spiro atoms. The summed E-state index contributed by atoms with van der Waals surface area (Å²) in [6.07, 6.45) is 1.51. The van der Waals surface area contributed by atoms with Crippen LogP contribution in [0.25, 0.3) is 5.69 Å². The van der Waals surface area contributed by atoms with Gasteiger partial charge in [-0.15, -0.1) is 5.10 Å². The Kier molecular flexibility index (Phi) is 4.51. The van der Waals surface area contributed by atoms with Gasteiger partial charge in [-0.2, -0.15) is 15.0 Å². The van der Waals surface area contributed by atoms with Gasteiger partial charge in [-0.3, -0.25) is 0 Å². The smallest absolute Gasteiger partial charge is 0.232 e. The van der Waals surface area contributed by atoms with Gasteiger partial charge in [0.15, 0.2) is 5.82 Å². The van der Waals surface area contributed by atoms with E-state index >= 15 is 0 Å². The number of nitrogen functional groups attached to an aromatic ring is 1. The molecule has 0 saturated heterocycles. The molecule has 0 aliphatic carbocycles. The molecule has 27 heavy (non-hydrogen) atoms. The van der Waals surface area contributed by atoms with Crippen molar-refractivity contribution in [2.24, 2.45) is 0 Å². The van der Waals surface area contributed by atoms with E-state index in [9.17, 15) is 0 Å². The van der Waals surface area contributed by atoms with Crippen molar-refractivity contribution in [3.05, 3.63) is 66.7 Å². The monoisotopic (exact) mass is 361 g/mol. The third-order valence-corrected chi connectivity index (χ3v) is 3.53. The molecule has 4 aromatic rings. The molecule has 0 unspecified atom stereocenters. The molecule has 0 saturated carbocycles. The van der Waals surface area contributed by atoms with Crippen LogP contribution in [0.2, 0.25) is 0 Å². The average Bonchev–Trinajstić information content (AvgIpc) is 3.22. The molecular weight excluding hydrogens is 346 g/mol. The van der Waals surface area contributed by atoms with Gasteiger partial charge < -0.3 is 15.8 Å². The second-order valence-corrected chi connectivity index (χ2v) is 5.46. The number of aromatic nitrogens is 7. The van der Waals surface area contributed by atoms with Gasteiger partial charge in [0.05, 0.1) is 5.69 Å². The maximum atomic E-state index is 5.79. The Bertz CT molecular complexity index is 1020. The molecule has 10 nitrogen and oxygen atoms in total. The second kappa shape index (κ2) is 7.44. The molecule has 2 heterocycles. The summed E-state index contributed by atoms with van der Waals surface area (Å²) in [5, 5.41) is 14.2. The molecule has 4 rings (SSSR count). The van der Waals surface area contributed by atoms with Crippen LogP contribution in [0, 0.1) is 0 Å². The van der Waals surface area contributed by atoms with E-state index in [0.29, 0.717) is 17.5 Å². The Balaban J connectivity index is 1.48. The number of benzene rings is 2. The number of anilines is 3. The number of nitrogens with one attached hydrogen (secondary N) is 1. The molecule has 0 aliphatic rings. The number of hydrogen-bond donors (Lipinski definition) is 2. The van der Waals surface area contributed by atoms with E-state index in [1.165, 1.54) is 11.0 Å². The minimum atomic E-state index is 0.115. The quantitative estimate of drug-likeness (QED) is 0.527. The normalized spacial score (nSPS) is 10.5. The summed E-state index contributed by atoms with van der Waals surface area (Å²) < 4.78 is 7.31. The van der Waals surface area contributed by atoms with Crippen molar-refractivity contribution in [3.8, 4) is 11.4 Å². The van der Waals surface area contributed by atoms with E-state index in [4.69, 9.17) is 10.5 Å². The van der Waals surface area contributed by atoms with Crippen molar-refractivity contribution >= 4 is 17.6 Å². The van der Waals surface area contributed by atoms with Gasteiger partial charge in [0.25, 0.3) is 0 Å². The first-order valence-corrected chi connectivity index (χ1v) is 8.05. The molecule has 0 fully saturated rings. The Labute approximate surface area is 154 Å². The topological polar surface area (TPSA) is 130 Å². The first-order chi connectivity index (χ1) is 13.3. The highest BCUT2D eigenvalue weighted by molar-refractivity contribution is 5.53. The third kappa shape index (κ3) is 4.12. The molecule has 2 aromatic carbocycles. The van der Waals surface area contributed by atoms with E-state index in [2.05, 4.69) is 35.8 Å². The van der Waals surface area contributed by atoms with Crippen LogP contribution in [0.4, 0.5) is 17.6 Å². The van der Waals surface area contributed by atoms with Crippen LogP contribution < -0.4 is 15.8 Å². The summed E-state index contributed by atoms with van der Waals surface area (Å²) in [5.41, 5.74) is 7.42. The fourth-order valence-electron chi connectivity index (χ4n) is 2.35. The van der Waals surface area contributed by atoms with Crippen molar-refractivity contribution < 1.29 is 4.74 Å². The highest BCUT2D eigenvalue weighted by atomic mass is 16.5. The van der Waals surface area contributed by atoms with E-state index in [-0.39, 0.29) is 12.6 Å². The second-order valence-electron chi connectivity index (χ2n) is 5.46. The first-order valence-electron chi connectivity index (χ1n) is 8.05. The van der Waals surface area contributed by atoms with Gasteiger partial charge in [-0.1, -0.05) is 24.3 Å². The molecule has 2 aromatic heterocycles. The minimum Gasteiger partial charge on any atom is -0.486 e. The lowest BCUT2D eigenvalue weighted by Crippen LogP contribution is -2.09. The average molecular weight is 361 g/mol. The van der Waals surface area contributed by atoms with Crippen LogP contribution in [0.15, 0.2) is 60.9 Å². The van der Waals surface area contributed by atoms with Gasteiger partial charge in [0.1, 0.15) is 18.7 Å². The number of tetrazole rings is 1. The Morgan fingerprint density at radius 2 is 1.89 bits per heavy atom. The SMILES string of the molecule is Nc1nc(COc2cccc(-n3cnnn3)c2)nc(Nc2ccccc2)n1. The molecule has 3 N–H and O–H groups in total. The Morgan fingerprint density at radius 3 is 2.70 bits per heavy atom. The van der Waals surface area contributed by atoms with Crippen molar-refractivity contribution in [1.29, 1.82) is 0 Å². The zero-order valence-electron chi connectivity index (χ0n) is 14.1. The Hall–Kier alpha value is -4.08. The zero-order valence-corrected chi connectivity index (χ0v) is 14.1. The van der Waals surface area contributed by atoms with Gasteiger partial charge >= 0.3 is 0 Å². The van der Waals surface area contributed by atoms with Gasteiger partial charge in [-0.05, 0) is 34.7 Å². The summed E-state index contributed by atoms with van der Waals surface area (Å²) in [6, 6.07) is 16.9. The largest absolute Gasteiger partial charge is 0.486 e. The van der Waals surface area contributed by atoms with E-state index < -0.39 is 0 Å². The molecule has 0 amide bonds. The lowest BCUT2D eigenvalue weighted by atomic mass is 10.3. The molecule has 0 bridgehead atoms. The predicted molar refractivity (Wildman–Crippen MR) is 97.5 cm³/mol. The van der Waals surface area contributed by atoms with Crippen LogP contribution in [-0.4, -0.2) is 35.2 Å². The van der Waals surface area contributed by atoms with Crippen molar-refractivity contribution in [2.75, 3.05) is 11.1 Å². The van der Waals surface area contributed by atoms with Crippen LogP contribution >= 0.6 is 0 Å². The summed E-state index contributed by atoms with van der Waals surface area (Å²) in [4.78, 5) is 12.6. The minimum absolute atomic E-state index is 0.115. The summed E-state index contributed by atoms with van der Waals surface area (Å²) in [6.45, 7) is 0.134. The predicted octanol–water partition coefficient (Wildman–Crippen LogP) is 1.75.